The Labute approximate surface area is 76.4 Å². The molecular formula is C4H3Cl2SZn-. The van der Waals surface area contributed by atoms with Gasteiger partial charge in [0.2, 0.25) is 0 Å². The van der Waals surface area contributed by atoms with Gasteiger partial charge in [-0.15, -0.1) is 17.8 Å². The van der Waals surface area contributed by atoms with Gasteiger partial charge in [0.25, 0.3) is 0 Å². The topological polar surface area (TPSA) is 0 Å². The van der Waals surface area contributed by atoms with Crippen molar-refractivity contribution in [1.29, 1.82) is 0 Å². The zero-order chi connectivity index (χ0) is 4.41. The Morgan fingerprint density at radius 1 is 1.62 bits per heavy atom. The van der Waals surface area contributed by atoms with E-state index in [-0.39, 0.29) is 31.9 Å². The van der Waals surface area contributed by atoms with E-state index in [0.717, 1.165) is 4.34 Å². The van der Waals surface area contributed by atoms with E-state index < -0.39 is 0 Å². The summed E-state index contributed by atoms with van der Waals surface area (Å²) in [6, 6.07) is 3.61. The molecule has 0 N–H and O–H groups in total. The first kappa shape index (κ1) is 11.7. The summed E-state index contributed by atoms with van der Waals surface area (Å²) in [5, 5.41) is 2.84. The van der Waals surface area contributed by atoms with Crippen LogP contribution in [0.3, 0.4) is 0 Å². The number of thiophene rings is 1. The summed E-state index contributed by atoms with van der Waals surface area (Å²) in [5.41, 5.74) is 0. The van der Waals surface area contributed by atoms with Crippen LogP contribution in [0.5, 0.6) is 0 Å². The number of hydrogen-bond acceptors (Lipinski definition) is 1. The van der Waals surface area contributed by atoms with E-state index in [9.17, 15) is 0 Å². The van der Waals surface area contributed by atoms with Crippen LogP contribution in [0.4, 0.5) is 0 Å². The molecule has 0 unspecified atom stereocenters. The minimum Gasteiger partial charge on any atom is -0.284 e. The van der Waals surface area contributed by atoms with E-state index in [1.165, 1.54) is 11.3 Å². The van der Waals surface area contributed by atoms with Crippen LogP contribution in [0.2, 0.25) is 4.34 Å². The minimum absolute atomic E-state index is 0. The van der Waals surface area contributed by atoms with Gasteiger partial charge >= 0.3 is 0 Å². The van der Waals surface area contributed by atoms with Crippen LogP contribution < -0.4 is 0 Å². The second-order valence-electron chi connectivity index (χ2n) is 0.857. The zero-order valence-corrected chi connectivity index (χ0v) is 9.41. The fraction of sp³-hybridized carbons (Fsp3) is 0. The number of halogens is 2. The van der Waals surface area contributed by atoms with Gasteiger partial charge in [0.15, 0.2) is 0 Å². The zero-order valence-electron chi connectivity index (χ0n) is 4.06. The van der Waals surface area contributed by atoms with E-state index in [0.29, 0.717) is 0 Å². The van der Waals surface area contributed by atoms with Crippen LogP contribution in [-0.4, -0.2) is 0 Å². The summed E-state index contributed by atoms with van der Waals surface area (Å²) < 4.78 is 0.801. The maximum absolute atomic E-state index is 5.44. The molecule has 0 saturated heterocycles. The maximum atomic E-state index is 5.44. The Morgan fingerprint density at radius 3 is 2.38 bits per heavy atom. The summed E-state index contributed by atoms with van der Waals surface area (Å²) in [4.78, 5) is 0. The van der Waals surface area contributed by atoms with Gasteiger partial charge in [-0.3, -0.25) is 11.3 Å². The Kier molecular flexibility index (Phi) is 8.80. The van der Waals surface area contributed by atoms with Crippen LogP contribution in [0, 0.1) is 5.38 Å². The van der Waals surface area contributed by atoms with Crippen LogP contribution in [0.1, 0.15) is 0 Å². The van der Waals surface area contributed by atoms with Crippen LogP contribution in [0.15, 0.2) is 12.1 Å². The van der Waals surface area contributed by atoms with Crippen molar-refractivity contribution >= 4 is 35.3 Å². The van der Waals surface area contributed by atoms with Gasteiger partial charge in [-0.2, -0.15) is 23.7 Å². The molecule has 4 heteroatoms. The van der Waals surface area contributed by atoms with Crippen molar-refractivity contribution < 1.29 is 19.5 Å². The second-order valence-corrected chi connectivity index (χ2v) is 2.37. The molecule has 0 saturated carbocycles. The summed E-state index contributed by atoms with van der Waals surface area (Å²) >= 11 is 6.86. The average molecular weight is 219 g/mol. The Hall–Kier alpha value is 0.903. The molecule has 0 spiro atoms. The SMILES string of the molecule is Cl.Clc1cc[c-]s1.[Zn]. The van der Waals surface area contributed by atoms with Crippen molar-refractivity contribution in [3.63, 3.8) is 0 Å². The predicted molar refractivity (Wildman–Crippen MR) is 35.4 cm³/mol. The van der Waals surface area contributed by atoms with Gasteiger partial charge < -0.3 is 0 Å². The van der Waals surface area contributed by atoms with Crippen LogP contribution in [-0.2, 0) is 19.5 Å². The summed E-state index contributed by atoms with van der Waals surface area (Å²) in [6.45, 7) is 0. The Balaban J connectivity index is 0. The van der Waals surface area contributed by atoms with Crippen molar-refractivity contribution in [2.75, 3.05) is 0 Å². The molecule has 0 aliphatic rings. The Bertz CT molecular complexity index is 118. The summed E-state index contributed by atoms with van der Waals surface area (Å²) in [6.07, 6.45) is 0. The van der Waals surface area contributed by atoms with Gasteiger partial charge in [-0.25, -0.2) is 0 Å². The van der Waals surface area contributed by atoms with E-state index in [1.807, 2.05) is 6.07 Å². The molecule has 1 aromatic heterocycles. The van der Waals surface area contributed by atoms with Gasteiger partial charge in [0.1, 0.15) is 0 Å². The number of hydrogen-bond donors (Lipinski definition) is 0. The molecular weight excluding hydrogens is 216 g/mol. The number of rotatable bonds is 0. The molecule has 1 rings (SSSR count). The Morgan fingerprint density at radius 2 is 2.25 bits per heavy atom. The first-order valence-electron chi connectivity index (χ1n) is 1.51. The normalized spacial score (nSPS) is 6.62. The van der Waals surface area contributed by atoms with Crippen molar-refractivity contribution in [2.45, 2.75) is 0 Å². The smallest absolute Gasteiger partial charge is 0 e. The van der Waals surface area contributed by atoms with Crippen molar-refractivity contribution in [3.05, 3.63) is 21.8 Å². The van der Waals surface area contributed by atoms with Crippen molar-refractivity contribution in [3.8, 4) is 0 Å². The molecule has 0 amide bonds. The molecule has 0 radical (unpaired) electrons. The fourth-order valence-electron chi connectivity index (χ4n) is 0.224. The van der Waals surface area contributed by atoms with Gasteiger partial charge in [0, 0.05) is 19.5 Å². The molecule has 0 atom stereocenters. The molecule has 0 aromatic carbocycles. The molecule has 0 aliphatic carbocycles. The molecule has 0 fully saturated rings. The fourth-order valence-corrected chi connectivity index (χ4v) is 0.805. The summed E-state index contributed by atoms with van der Waals surface area (Å²) in [5.74, 6) is 0. The molecule has 0 aliphatic heterocycles. The monoisotopic (exact) mass is 217 g/mol. The van der Waals surface area contributed by atoms with E-state index in [4.69, 9.17) is 11.6 Å². The molecule has 42 valence electrons. The predicted octanol–water partition coefficient (Wildman–Crippen LogP) is 2.62. The quantitative estimate of drug-likeness (QED) is 0.465. The minimum atomic E-state index is 0. The third kappa shape index (κ3) is 3.85. The largest absolute Gasteiger partial charge is 0.284 e. The first-order valence-corrected chi connectivity index (χ1v) is 2.70. The molecule has 0 bridgehead atoms. The second kappa shape index (κ2) is 6.03. The summed E-state index contributed by atoms with van der Waals surface area (Å²) in [7, 11) is 0. The first-order chi connectivity index (χ1) is 2.89. The molecule has 1 heterocycles. The van der Waals surface area contributed by atoms with Gasteiger partial charge in [-0.1, -0.05) is 4.34 Å². The van der Waals surface area contributed by atoms with Crippen LogP contribution in [0.25, 0.3) is 0 Å². The average Bonchev–Trinajstić information content (AvgIpc) is 1.86. The molecule has 8 heavy (non-hydrogen) atoms. The van der Waals surface area contributed by atoms with Gasteiger partial charge in [0.05, 0.1) is 0 Å². The third-order valence-corrected chi connectivity index (χ3v) is 1.38. The van der Waals surface area contributed by atoms with Crippen molar-refractivity contribution in [2.24, 2.45) is 0 Å². The standard InChI is InChI=1S/C4H2ClS.ClH.Zn/c5-4-2-1-3-6-4;;/h1-2H;1H;/q-1;;. The molecule has 0 nitrogen and oxygen atoms in total. The van der Waals surface area contributed by atoms with Gasteiger partial charge in [-0.05, 0) is 0 Å². The van der Waals surface area contributed by atoms with Crippen molar-refractivity contribution in [1.82, 2.24) is 0 Å². The molecule has 1 aromatic rings. The van der Waals surface area contributed by atoms with E-state index in [1.54, 1.807) is 6.07 Å². The van der Waals surface area contributed by atoms with Crippen LogP contribution >= 0.6 is 35.3 Å². The van der Waals surface area contributed by atoms with E-state index in [2.05, 4.69) is 5.38 Å². The maximum Gasteiger partial charge on any atom is 0 e. The van der Waals surface area contributed by atoms with E-state index >= 15 is 0 Å². The third-order valence-electron chi connectivity index (χ3n) is 0.439.